The summed E-state index contributed by atoms with van der Waals surface area (Å²) in [5.41, 5.74) is 1.18. The van der Waals surface area contributed by atoms with Crippen molar-refractivity contribution in [1.82, 2.24) is 4.90 Å². The molecule has 2 heterocycles. The standard InChI is InChI=1S/C18H13BrClNO3/c19-11-5-6-13(15(20)9-11)16(22)21-8-7-18(10-21)14-4-2-1-3-12(14)17(23)24-18/h1-6,9H,7-8,10H2. The second kappa shape index (κ2) is 5.60. The van der Waals surface area contributed by atoms with Gasteiger partial charge >= 0.3 is 5.97 Å². The van der Waals surface area contributed by atoms with Crippen molar-refractivity contribution >= 4 is 39.4 Å². The van der Waals surface area contributed by atoms with E-state index in [-0.39, 0.29) is 11.9 Å². The van der Waals surface area contributed by atoms with Crippen molar-refractivity contribution in [3.05, 3.63) is 68.7 Å². The minimum Gasteiger partial charge on any atom is -0.449 e. The van der Waals surface area contributed by atoms with Crippen molar-refractivity contribution in [3.8, 4) is 0 Å². The highest BCUT2D eigenvalue weighted by Gasteiger charge is 2.50. The first kappa shape index (κ1) is 15.7. The van der Waals surface area contributed by atoms with E-state index >= 15 is 0 Å². The van der Waals surface area contributed by atoms with Crippen molar-refractivity contribution in [2.24, 2.45) is 0 Å². The van der Waals surface area contributed by atoms with Gasteiger partial charge in [-0.15, -0.1) is 0 Å². The molecular formula is C18H13BrClNO3. The van der Waals surface area contributed by atoms with Gasteiger partial charge in [-0.05, 0) is 24.3 Å². The third-order valence-electron chi connectivity index (χ3n) is 4.61. The number of likely N-dealkylation sites (tertiary alicyclic amines) is 1. The van der Waals surface area contributed by atoms with Crippen LogP contribution in [0.1, 0.15) is 32.7 Å². The smallest absolute Gasteiger partial charge is 0.339 e. The molecule has 1 unspecified atom stereocenters. The number of carbonyl (C=O) groups excluding carboxylic acids is 2. The monoisotopic (exact) mass is 405 g/mol. The van der Waals surface area contributed by atoms with Gasteiger partial charge < -0.3 is 9.64 Å². The number of hydrogen-bond acceptors (Lipinski definition) is 3. The van der Waals surface area contributed by atoms with E-state index < -0.39 is 5.60 Å². The van der Waals surface area contributed by atoms with Crippen LogP contribution in [-0.4, -0.2) is 29.9 Å². The van der Waals surface area contributed by atoms with E-state index in [0.29, 0.717) is 35.7 Å². The van der Waals surface area contributed by atoms with Crippen LogP contribution in [0.3, 0.4) is 0 Å². The van der Waals surface area contributed by atoms with Crippen LogP contribution in [0.15, 0.2) is 46.9 Å². The topological polar surface area (TPSA) is 46.6 Å². The molecule has 0 radical (unpaired) electrons. The maximum Gasteiger partial charge on any atom is 0.339 e. The van der Waals surface area contributed by atoms with Crippen LogP contribution in [0.4, 0.5) is 0 Å². The normalized spacial score (nSPS) is 21.9. The fraction of sp³-hybridized carbons (Fsp3) is 0.222. The molecule has 1 saturated heterocycles. The van der Waals surface area contributed by atoms with Crippen molar-refractivity contribution in [2.45, 2.75) is 12.0 Å². The van der Waals surface area contributed by atoms with Crippen LogP contribution in [0, 0.1) is 0 Å². The summed E-state index contributed by atoms with van der Waals surface area (Å²) in [5, 5.41) is 0.402. The highest BCUT2D eigenvalue weighted by atomic mass is 79.9. The first-order valence-electron chi connectivity index (χ1n) is 7.57. The number of carbonyl (C=O) groups is 2. The molecule has 4 nitrogen and oxygen atoms in total. The highest BCUT2D eigenvalue weighted by molar-refractivity contribution is 9.10. The van der Waals surface area contributed by atoms with E-state index in [1.54, 1.807) is 29.2 Å². The van der Waals surface area contributed by atoms with Gasteiger partial charge in [-0.25, -0.2) is 4.79 Å². The number of amides is 1. The minimum atomic E-state index is -0.731. The number of benzene rings is 2. The molecule has 0 saturated carbocycles. The third kappa shape index (κ3) is 2.34. The summed E-state index contributed by atoms with van der Waals surface area (Å²) in [6.45, 7) is 0.869. The number of halogens is 2. The van der Waals surface area contributed by atoms with E-state index in [4.69, 9.17) is 16.3 Å². The first-order valence-corrected chi connectivity index (χ1v) is 8.74. The minimum absolute atomic E-state index is 0.148. The summed E-state index contributed by atoms with van der Waals surface area (Å²) >= 11 is 9.53. The van der Waals surface area contributed by atoms with Gasteiger partial charge in [0.2, 0.25) is 0 Å². The van der Waals surface area contributed by atoms with E-state index in [1.807, 2.05) is 18.2 Å². The SMILES string of the molecule is O=C1OC2(CCN(C(=O)c3ccc(Br)cc3Cl)C2)c2ccccc21. The molecule has 1 fully saturated rings. The molecule has 2 aromatic carbocycles. The number of rotatable bonds is 1. The quantitative estimate of drug-likeness (QED) is 0.672. The molecular weight excluding hydrogens is 394 g/mol. The van der Waals surface area contributed by atoms with Crippen LogP contribution in [-0.2, 0) is 10.3 Å². The largest absolute Gasteiger partial charge is 0.449 e. The maximum atomic E-state index is 12.8. The van der Waals surface area contributed by atoms with Gasteiger partial charge in [0.1, 0.15) is 0 Å². The Labute approximate surface area is 152 Å². The van der Waals surface area contributed by atoms with Crippen molar-refractivity contribution < 1.29 is 14.3 Å². The van der Waals surface area contributed by atoms with Crippen molar-refractivity contribution in [2.75, 3.05) is 13.1 Å². The lowest BCUT2D eigenvalue weighted by atomic mass is 9.91. The molecule has 0 aromatic heterocycles. The molecule has 2 aliphatic heterocycles. The van der Waals surface area contributed by atoms with Gasteiger partial charge in [0.25, 0.3) is 5.91 Å². The fourth-order valence-corrected chi connectivity index (χ4v) is 4.19. The van der Waals surface area contributed by atoms with Gasteiger partial charge in [-0.3, -0.25) is 4.79 Å². The van der Waals surface area contributed by atoms with Gasteiger partial charge in [0, 0.05) is 23.0 Å². The predicted molar refractivity (Wildman–Crippen MR) is 93.2 cm³/mol. The second-order valence-corrected chi connectivity index (χ2v) is 7.35. The van der Waals surface area contributed by atoms with Crippen LogP contribution in [0.5, 0.6) is 0 Å². The molecule has 1 amide bonds. The Balaban J connectivity index is 1.64. The average molecular weight is 407 g/mol. The van der Waals surface area contributed by atoms with Crippen LogP contribution >= 0.6 is 27.5 Å². The van der Waals surface area contributed by atoms with E-state index in [1.165, 1.54) is 0 Å². The van der Waals surface area contributed by atoms with E-state index in [0.717, 1.165) is 10.0 Å². The molecule has 0 N–H and O–H groups in total. The second-order valence-electron chi connectivity index (χ2n) is 6.03. The number of esters is 1. The number of ether oxygens (including phenoxy) is 1. The number of fused-ring (bicyclic) bond motifs is 2. The Morgan fingerprint density at radius 2 is 2.04 bits per heavy atom. The molecule has 24 heavy (non-hydrogen) atoms. The zero-order valence-electron chi connectivity index (χ0n) is 12.6. The predicted octanol–water partition coefficient (Wildman–Crippen LogP) is 4.01. The molecule has 1 spiro atoms. The molecule has 0 bridgehead atoms. The summed E-state index contributed by atoms with van der Waals surface area (Å²) < 4.78 is 6.49. The Morgan fingerprint density at radius 1 is 1.25 bits per heavy atom. The zero-order chi connectivity index (χ0) is 16.9. The molecule has 2 aliphatic rings. The fourth-order valence-electron chi connectivity index (χ4n) is 3.44. The summed E-state index contributed by atoms with van der Waals surface area (Å²) in [5.74, 6) is -0.466. The third-order valence-corrected chi connectivity index (χ3v) is 5.41. The van der Waals surface area contributed by atoms with Gasteiger partial charge in [-0.1, -0.05) is 45.7 Å². The molecule has 4 rings (SSSR count). The number of nitrogens with zero attached hydrogens (tertiary/aromatic N) is 1. The lowest BCUT2D eigenvalue weighted by Gasteiger charge is -2.24. The first-order chi connectivity index (χ1) is 11.5. The van der Waals surface area contributed by atoms with Gasteiger partial charge in [0.05, 0.1) is 22.7 Å². The van der Waals surface area contributed by atoms with Crippen LogP contribution in [0.2, 0.25) is 5.02 Å². The molecule has 1 atom stereocenters. The molecule has 6 heteroatoms. The highest BCUT2D eigenvalue weighted by Crippen LogP contribution is 2.43. The van der Waals surface area contributed by atoms with E-state index in [2.05, 4.69) is 15.9 Å². The Kier molecular flexibility index (Phi) is 3.66. The van der Waals surface area contributed by atoms with Crippen LogP contribution < -0.4 is 0 Å². The molecule has 122 valence electrons. The number of hydrogen-bond donors (Lipinski definition) is 0. The zero-order valence-corrected chi connectivity index (χ0v) is 14.9. The Bertz CT molecular complexity index is 869. The lowest BCUT2D eigenvalue weighted by molar-refractivity contribution is -0.00306. The van der Waals surface area contributed by atoms with Gasteiger partial charge in [-0.2, -0.15) is 0 Å². The average Bonchev–Trinajstić information content (AvgIpc) is 3.10. The molecule has 2 aromatic rings. The van der Waals surface area contributed by atoms with Crippen LogP contribution in [0.25, 0.3) is 0 Å². The summed E-state index contributed by atoms with van der Waals surface area (Å²) in [4.78, 5) is 26.6. The van der Waals surface area contributed by atoms with Crippen molar-refractivity contribution in [3.63, 3.8) is 0 Å². The maximum absolute atomic E-state index is 12.8. The Morgan fingerprint density at radius 3 is 2.83 bits per heavy atom. The summed E-state index contributed by atoms with van der Waals surface area (Å²) in [7, 11) is 0. The Hall–Kier alpha value is -1.85. The summed E-state index contributed by atoms with van der Waals surface area (Å²) in [6, 6.07) is 12.6. The van der Waals surface area contributed by atoms with Crippen molar-refractivity contribution in [1.29, 1.82) is 0 Å². The lowest BCUT2D eigenvalue weighted by Crippen LogP contribution is -2.34. The molecule has 0 aliphatic carbocycles. The summed E-state index contributed by atoms with van der Waals surface area (Å²) in [6.07, 6.45) is 0.593. The van der Waals surface area contributed by atoms with E-state index in [9.17, 15) is 9.59 Å². The van der Waals surface area contributed by atoms with Gasteiger partial charge in [0.15, 0.2) is 5.60 Å².